The first-order valence-corrected chi connectivity index (χ1v) is 6.46. The molecule has 0 fully saturated rings. The van der Waals surface area contributed by atoms with Crippen LogP contribution in [-0.4, -0.2) is 24.4 Å². The fourth-order valence-electron chi connectivity index (χ4n) is 2.48. The van der Waals surface area contributed by atoms with Gasteiger partial charge in [-0.25, -0.2) is 0 Å². The Labute approximate surface area is 124 Å². The van der Waals surface area contributed by atoms with Gasteiger partial charge in [-0.05, 0) is 37.5 Å². The lowest BCUT2D eigenvalue weighted by molar-refractivity contribution is -0.126. The summed E-state index contributed by atoms with van der Waals surface area (Å²) in [6, 6.07) is 5.08. The molecule has 1 aromatic rings. The molecule has 1 heterocycles. The molecule has 2 amide bonds. The number of fused-ring (bicyclic) bond motifs is 1. The van der Waals surface area contributed by atoms with Crippen molar-refractivity contribution in [2.75, 3.05) is 17.2 Å². The minimum Gasteiger partial charge on any atom is -0.398 e. The maximum atomic E-state index is 12.4. The summed E-state index contributed by atoms with van der Waals surface area (Å²) in [4.78, 5) is 25.1. The van der Waals surface area contributed by atoms with Crippen molar-refractivity contribution >= 4 is 35.6 Å². The van der Waals surface area contributed by atoms with Gasteiger partial charge >= 0.3 is 0 Å². The van der Waals surface area contributed by atoms with Gasteiger partial charge in [0.2, 0.25) is 11.8 Å². The lowest BCUT2D eigenvalue weighted by Crippen LogP contribution is -2.48. The molecule has 2 rings (SSSR count). The Morgan fingerprint density at radius 2 is 2.10 bits per heavy atom. The fraction of sp³-hybridized carbons (Fsp3) is 0.429. The molecular weight excluding hydrogens is 278 g/mol. The van der Waals surface area contributed by atoms with Crippen LogP contribution in [0.2, 0.25) is 0 Å². The minimum atomic E-state index is -0.523. The maximum Gasteiger partial charge on any atom is 0.249 e. The quantitative estimate of drug-likeness (QED) is 0.812. The van der Waals surface area contributed by atoms with Crippen LogP contribution in [0.1, 0.15) is 25.8 Å². The standard InChI is InChI=1S/C14H19N3O2.ClH/c1-9(16-10(2)18)14(19)17-8-4-5-11-12(15)6-3-7-13(11)17;/h3,6-7,9H,4-5,8,15H2,1-2H3,(H,16,18);1H. The third-order valence-electron chi connectivity index (χ3n) is 3.34. The van der Waals surface area contributed by atoms with Crippen LogP contribution in [0.3, 0.4) is 0 Å². The number of rotatable bonds is 2. The van der Waals surface area contributed by atoms with Crippen molar-refractivity contribution < 1.29 is 9.59 Å². The zero-order valence-electron chi connectivity index (χ0n) is 11.7. The highest BCUT2D eigenvalue weighted by atomic mass is 35.5. The predicted octanol–water partition coefficient (Wildman–Crippen LogP) is 1.49. The Balaban J connectivity index is 0.00000200. The summed E-state index contributed by atoms with van der Waals surface area (Å²) in [7, 11) is 0. The van der Waals surface area contributed by atoms with E-state index in [0.29, 0.717) is 6.54 Å². The van der Waals surface area contributed by atoms with Crippen LogP contribution in [0.5, 0.6) is 0 Å². The topological polar surface area (TPSA) is 75.4 Å². The van der Waals surface area contributed by atoms with Gasteiger partial charge in [0, 0.05) is 24.8 Å². The summed E-state index contributed by atoms with van der Waals surface area (Å²) in [5.41, 5.74) is 8.57. The molecule has 0 spiro atoms. The van der Waals surface area contributed by atoms with Crippen molar-refractivity contribution in [3.63, 3.8) is 0 Å². The van der Waals surface area contributed by atoms with Gasteiger partial charge in [0.15, 0.2) is 0 Å². The van der Waals surface area contributed by atoms with Crippen molar-refractivity contribution in [3.05, 3.63) is 23.8 Å². The van der Waals surface area contributed by atoms with Crippen molar-refractivity contribution in [1.82, 2.24) is 5.32 Å². The van der Waals surface area contributed by atoms with Gasteiger partial charge in [-0.1, -0.05) is 6.07 Å². The zero-order valence-corrected chi connectivity index (χ0v) is 12.5. The third-order valence-corrected chi connectivity index (χ3v) is 3.34. The Morgan fingerprint density at radius 1 is 1.40 bits per heavy atom. The molecule has 20 heavy (non-hydrogen) atoms. The number of nitrogen functional groups attached to an aromatic ring is 1. The molecule has 5 nitrogen and oxygen atoms in total. The summed E-state index contributed by atoms with van der Waals surface area (Å²) in [5.74, 6) is -0.299. The first-order valence-electron chi connectivity index (χ1n) is 6.46. The van der Waals surface area contributed by atoms with E-state index in [4.69, 9.17) is 5.73 Å². The summed E-state index contributed by atoms with van der Waals surface area (Å²) in [6.45, 7) is 3.77. The molecule has 0 aromatic heterocycles. The summed E-state index contributed by atoms with van der Waals surface area (Å²) in [6.07, 6.45) is 1.78. The summed E-state index contributed by atoms with van der Waals surface area (Å²) >= 11 is 0. The number of halogens is 1. The fourth-order valence-corrected chi connectivity index (χ4v) is 2.48. The second-order valence-electron chi connectivity index (χ2n) is 4.86. The maximum absolute atomic E-state index is 12.4. The first kappa shape index (κ1) is 16.3. The molecule has 6 heteroatoms. The molecule has 1 aliphatic rings. The molecule has 0 radical (unpaired) electrons. The summed E-state index contributed by atoms with van der Waals surface area (Å²) < 4.78 is 0. The van der Waals surface area contributed by atoms with E-state index in [-0.39, 0.29) is 24.2 Å². The van der Waals surface area contributed by atoms with E-state index < -0.39 is 6.04 Å². The SMILES string of the molecule is CC(=O)NC(C)C(=O)N1CCCc2c(N)cccc21.Cl. The minimum absolute atomic E-state index is 0. The van der Waals surface area contributed by atoms with E-state index in [2.05, 4.69) is 5.32 Å². The number of nitrogens with zero attached hydrogens (tertiary/aromatic N) is 1. The van der Waals surface area contributed by atoms with E-state index in [1.807, 2.05) is 18.2 Å². The monoisotopic (exact) mass is 297 g/mol. The van der Waals surface area contributed by atoms with E-state index in [1.54, 1.807) is 11.8 Å². The number of anilines is 2. The highest BCUT2D eigenvalue weighted by Gasteiger charge is 2.27. The number of nitrogens with one attached hydrogen (secondary N) is 1. The number of carbonyl (C=O) groups is 2. The molecule has 0 aliphatic carbocycles. The average molecular weight is 298 g/mol. The Morgan fingerprint density at radius 3 is 2.75 bits per heavy atom. The highest BCUT2D eigenvalue weighted by molar-refractivity contribution is 6.00. The lowest BCUT2D eigenvalue weighted by Gasteiger charge is -2.32. The van der Waals surface area contributed by atoms with Crippen molar-refractivity contribution in [2.24, 2.45) is 0 Å². The van der Waals surface area contributed by atoms with Crippen LogP contribution in [0.4, 0.5) is 11.4 Å². The number of hydrogen-bond acceptors (Lipinski definition) is 3. The Hall–Kier alpha value is -1.75. The van der Waals surface area contributed by atoms with E-state index >= 15 is 0 Å². The number of nitrogens with two attached hydrogens (primary N) is 1. The number of hydrogen-bond donors (Lipinski definition) is 2. The number of amides is 2. The van der Waals surface area contributed by atoms with Crippen molar-refractivity contribution in [2.45, 2.75) is 32.7 Å². The van der Waals surface area contributed by atoms with Gasteiger partial charge in [0.1, 0.15) is 6.04 Å². The Kier molecular flexibility index (Phi) is 5.39. The second-order valence-corrected chi connectivity index (χ2v) is 4.86. The molecule has 0 saturated carbocycles. The van der Waals surface area contributed by atoms with Crippen molar-refractivity contribution in [1.29, 1.82) is 0 Å². The third kappa shape index (κ3) is 3.22. The van der Waals surface area contributed by atoms with Crippen LogP contribution in [0, 0.1) is 0 Å². The van der Waals surface area contributed by atoms with Gasteiger partial charge in [-0.2, -0.15) is 0 Å². The van der Waals surface area contributed by atoms with Gasteiger partial charge in [0.25, 0.3) is 0 Å². The molecular formula is C14H20ClN3O2. The second kappa shape index (κ2) is 6.61. The normalized spacial score (nSPS) is 14.8. The smallest absolute Gasteiger partial charge is 0.249 e. The first-order chi connectivity index (χ1) is 9.00. The zero-order chi connectivity index (χ0) is 14.0. The largest absolute Gasteiger partial charge is 0.398 e. The number of carbonyl (C=O) groups excluding carboxylic acids is 2. The summed E-state index contributed by atoms with van der Waals surface area (Å²) in [5, 5.41) is 2.62. The van der Waals surface area contributed by atoms with Crippen molar-refractivity contribution in [3.8, 4) is 0 Å². The van der Waals surface area contributed by atoms with E-state index in [1.165, 1.54) is 6.92 Å². The van der Waals surface area contributed by atoms with Crippen LogP contribution in [-0.2, 0) is 16.0 Å². The molecule has 1 atom stereocenters. The van der Waals surface area contributed by atoms with Gasteiger partial charge in [-0.3, -0.25) is 9.59 Å². The average Bonchev–Trinajstić information content (AvgIpc) is 2.37. The van der Waals surface area contributed by atoms with E-state index in [0.717, 1.165) is 29.8 Å². The van der Waals surface area contributed by atoms with Crippen LogP contribution in [0.25, 0.3) is 0 Å². The molecule has 0 bridgehead atoms. The van der Waals surface area contributed by atoms with Gasteiger partial charge < -0.3 is 16.0 Å². The van der Waals surface area contributed by atoms with E-state index in [9.17, 15) is 9.59 Å². The molecule has 1 unspecified atom stereocenters. The molecule has 110 valence electrons. The Bertz CT molecular complexity index is 519. The van der Waals surface area contributed by atoms with Gasteiger partial charge in [0.05, 0.1) is 0 Å². The molecule has 0 saturated heterocycles. The highest BCUT2D eigenvalue weighted by Crippen LogP contribution is 2.31. The van der Waals surface area contributed by atoms with Crippen LogP contribution < -0.4 is 16.0 Å². The molecule has 3 N–H and O–H groups in total. The predicted molar refractivity (Wildman–Crippen MR) is 82.1 cm³/mol. The van der Waals surface area contributed by atoms with Gasteiger partial charge in [-0.15, -0.1) is 12.4 Å². The molecule has 1 aromatic carbocycles. The lowest BCUT2D eigenvalue weighted by atomic mass is 9.99. The molecule has 1 aliphatic heterocycles. The van der Waals surface area contributed by atoms with Crippen LogP contribution in [0.15, 0.2) is 18.2 Å². The number of benzene rings is 1. The van der Waals surface area contributed by atoms with Crippen LogP contribution >= 0.6 is 12.4 Å².